The van der Waals surface area contributed by atoms with Crippen LogP contribution in [0.3, 0.4) is 0 Å². The fourth-order valence-electron chi connectivity index (χ4n) is 1.75. The topological polar surface area (TPSA) is 41.3 Å². The lowest BCUT2D eigenvalue weighted by Gasteiger charge is -2.35. The van der Waals surface area contributed by atoms with E-state index in [2.05, 4.69) is 24.2 Å². The molecule has 0 radical (unpaired) electrons. The molecule has 0 bridgehead atoms. The maximum Gasteiger partial charge on any atom is 0.163 e. The van der Waals surface area contributed by atoms with Crippen molar-refractivity contribution >= 4 is 17.3 Å². The van der Waals surface area contributed by atoms with E-state index in [9.17, 15) is 0 Å². The summed E-state index contributed by atoms with van der Waals surface area (Å²) in [5.74, 6) is 0.630. The van der Waals surface area contributed by atoms with Crippen LogP contribution < -0.4 is 11.1 Å². The van der Waals surface area contributed by atoms with Crippen LogP contribution in [-0.2, 0) is 0 Å². The largest absolute Gasteiger partial charge is 0.376 e. The molecule has 12 heavy (non-hydrogen) atoms. The minimum absolute atomic E-state index is 0.427. The molecule has 2 unspecified atom stereocenters. The maximum atomic E-state index is 5.43. The molecular formula is C8H17N3S. The number of piperidine rings is 1. The molecule has 1 fully saturated rings. The molecule has 1 aliphatic heterocycles. The van der Waals surface area contributed by atoms with Gasteiger partial charge in [-0.2, -0.15) is 0 Å². The summed E-state index contributed by atoms with van der Waals surface area (Å²) in [6, 6.07) is 0.471. The molecule has 2 atom stereocenters. The van der Waals surface area contributed by atoms with Gasteiger partial charge in [-0.1, -0.05) is 6.92 Å². The molecule has 0 aliphatic carbocycles. The van der Waals surface area contributed by atoms with Gasteiger partial charge in [-0.25, -0.2) is 0 Å². The van der Waals surface area contributed by atoms with Gasteiger partial charge in [0.2, 0.25) is 0 Å². The minimum Gasteiger partial charge on any atom is -0.376 e. The summed E-state index contributed by atoms with van der Waals surface area (Å²) in [6.45, 7) is 4.48. The highest BCUT2D eigenvalue weighted by Crippen LogP contribution is 2.14. The first-order valence-corrected chi connectivity index (χ1v) is 4.75. The zero-order chi connectivity index (χ0) is 9.14. The first-order chi connectivity index (χ1) is 5.59. The van der Waals surface area contributed by atoms with Gasteiger partial charge in [0.25, 0.3) is 0 Å². The Hall–Kier alpha value is -0.350. The van der Waals surface area contributed by atoms with Gasteiger partial charge in [-0.05, 0) is 38.1 Å². The lowest BCUT2D eigenvalue weighted by atomic mass is 9.94. The Morgan fingerprint density at radius 1 is 1.67 bits per heavy atom. The number of nitrogens with one attached hydrogen (secondary N) is 1. The van der Waals surface area contributed by atoms with Gasteiger partial charge in [0, 0.05) is 12.6 Å². The highest BCUT2D eigenvalue weighted by atomic mass is 32.1. The number of nitrogens with two attached hydrogens (primary N) is 1. The summed E-state index contributed by atoms with van der Waals surface area (Å²) in [5.41, 5.74) is 5.43. The molecule has 3 N–H and O–H groups in total. The number of likely N-dealkylation sites (tertiary alicyclic amines) is 1. The average Bonchev–Trinajstić information content (AvgIpc) is 1.94. The SMILES string of the molecule is CC1CN(C)CCC1NC(N)=S. The molecule has 70 valence electrons. The van der Waals surface area contributed by atoms with E-state index < -0.39 is 0 Å². The molecule has 1 saturated heterocycles. The van der Waals surface area contributed by atoms with Crippen LogP contribution >= 0.6 is 12.2 Å². The van der Waals surface area contributed by atoms with E-state index in [4.69, 9.17) is 18.0 Å². The summed E-state index contributed by atoms with van der Waals surface area (Å²) in [5, 5.41) is 3.56. The lowest BCUT2D eigenvalue weighted by Crippen LogP contribution is -2.50. The van der Waals surface area contributed by atoms with Gasteiger partial charge in [0.1, 0.15) is 0 Å². The van der Waals surface area contributed by atoms with E-state index >= 15 is 0 Å². The Morgan fingerprint density at radius 2 is 2.33 bits per heavy atom. The summed E-state index contributed by atoms with van der Waals surface area (Å²) in [4.78, 5) is 2.34. The van der Waals surface area contributed by atoms with Crippen molar-refractivity contribution < 1.29 is 0 Å². The van der Waals surface area contributed by atoms with Crippen LogP contribution in [0.25, 0.3) is 0 Å². The molecule has 0 spiro atoms. The van der Waals surface area contributed by atoms with E-state index in [0.29, 0.717) is 17.1 Å². The second kappa shape index (κ2) is 4.05. The fraction of sp³-hybridized carbons (Fsp3) is 0.875. The van der Waals surface area contributed by atoms with Crippen molar-refractivity contribution in [2.24, 2.45) is 11.7 Å². The van der Waals surface area contributed by atoms with E-state index in [1.165, 1.54) is 0 Å². The van der Waals surface area contributed by atoms with Gasteiger partial charge in [-0.15, -0.1) is 0 Å². The van der Waals surface area contributed by atoms with E-state index in [1.54, 1.807) is 0 Å². The predicted molar refractivity (Wildman–Crippen MR) is 55.0 cm³/mol. The van der Waals surface area contributed by atoms with Crippen molar-refractivity contribution in [3.05, 3.63) is 0 Å². The van der Waals surface area contributed by atoms with E-state index in [0.717, 1.165) is 19.5 Å². The molecule has 0 aromatic rings. The molecule has 0 amide bonds. The van der Waals surface area contributed by atoms with Gasteiger partial charge >= 0.3 is 0 Å². The smallest absolute Gasteiger partial charge is 0.163 e. The molecule has 0 aromatic heterocycles. The monoisotopic (exact) mass is 187 g/mol. The average molecular weight is 187 g/mol. The van der Waals surface area contributed by atoms with Crippen molar-refractivity contribution in [1.82, 2.24) is 10.2 Å². The molecule has 0 aromatic carbocycles. The zero-order valence-corrected chi connectivity index (χ0v) is 8.53. The van der Waals surface area contributed by atoms with Crippen LogP contribution in [0.15, 0.2) is 0 Å². The predicted octanol–water partition coefficient (Wildman–Crippen LogP) is 0.160. The third-order valence-electron chi connectivity index (χ3n) is 2.44. The second-order valence-corrected chi connectivity index (χ2v) is 4.08. The molecular weight excluding hydrogens is 170 g/mol. The molecule has 1 aliphatic rings. The van der Waals surface area contributed by atoms with Crippen molar-refractivity contribution in [3.63, 3.8) is 0 Å². The second-order valence-electron chi connectivity index (χ2n) is 3.64. The number of hydrogen-bond acceptors (Lipinski definition) is 2. The minimum atomic E-state index is 0.427. The quantitative estimate of drug-likeness (QED) is 0.574. The third kappa shape index (κ3) is 2.60. The molecule has 1 rings (SSSR count). The standard InChI is InChI=1S/C8H17N3S/c1-6-5-11(2)4-3-7(6)10-8(9)12/h6-7H,3-5H2,1-2H3,(H3,9,10,12). The van der Waals surface area contributed by atoms with E-state index in [1.807, 2.05) is 0 Å². The maximum absolute atomic E-state index is 5.43. The van der Waals surface area contributed by atoms with Crippen molar-refractivity contribution in [2.45, 2.75) is 19.4 Å². The Bertz CT molecular complexity index is 172. The summed E-state index contributed by atoms with van der Waals surface area (Å²) >= 11 is 4.81. The van der Waals surface area contributed by atoms with Crippen molar-refractivity contribution in [3.8, 4) is 0 Å². The van der Waals surface area contributed by atoms with Crippen LogP contribution in [0.2, 0.25) is 0 Å². The van der Waals surface area contributed by atoms with Gasteiger partial charge in [0.15, 0.2) is 5.11 Å². The van der Waals surface area contributed by atoms with Crippen LogP contribution in [0.5, 0.6) is 0 Å². The molecule has 3 nitrogen and oxygen atoms in total. The lowest BCUT2D eigenvalue weighted by molar-refractivity contribution is 0.187. The number of rotatable bonds is 1. The summed E-state index contributed by atoms with van der Waals surface area (Å²) in [6.07, 6.45) is 1.13. The highest BCUT2D eigenvalue weighted by molar-refractivity contribution is 7.80. The first kappa shape index (κ1) is 9.74. The van der Waals surface area contributed by atoms with Crippen LogP contribution in [-0.4, -0.2) is 36.2 Å². The zero-order valence-electron chi connectivity index (χ0n) is 7.71. The Morgan fingerprint density at radius 3 is 2.83 bits per heavy atom. The van der Waals surface area contributed by atoms with Gasteiger partial charge in [0.05, 0.1) is 0 Å². The van der Waals surface area contributed by atoms with Crippen molar-refractivity contribution in [2.75, 3.05) is 20.1 Å². The normalized spacial score (nSPS) is 31.5. The summed E-state index contributed by atoms with van der Waals surface area (Å²) < 4.78 is 0. The highest BCUT2D eigenvalue weighted by Gasteiger charge is 2.23. The van der Waals surface area contributed by atoms with E-state index in [-0.39, 0.29) is 0 Å². The van der Waals surface area contributed by atoms with Gasteiger partial charge in [-0.3, -0.25) is 0 Å². The molecule has 0 saturated carbocycles. The fourth-order valence-corrected chi connectivity index (χ4v) is 1.90. The number of thiocarbonyl (C=S) groups is 1. The number of hydrogen-bond donors (Lipinski definition) is 2. The molecule has 4 heteroatoms. The first-order valence-electron chi connectivity index (χ1n) is 4.34. The van der Waals surface area contributed by atoms with Crippen molar-refractivity contribution in [1.29, 1.82) is 0 Å². The Labute approximate surface area is 79.3 Å². The van der Waals surface area contributed by atoms with Crippen LogP contribution in [0.4, 0.5) is 0 Å². The Balaban J connectivity index is 2.39. The van der Waals surface area contributed by atoms with Gasteiger partial charge < -0.3 is 16.0 Å². The molecule has 1 heterocycles. The van der Waals surface area contributed by atoms with Crippen LogP contribution in [0.1, 0.15) is 13.3 Å². The Kier molecular flexibility index (Phi) is 3.29. The number of nitrogens with zero attached hydrogens (tertiary/aromatic N) is 1. The van der Waals surface area contributed by atoms with Crippen LogP contribution in [0, 0.1) is 5.92 Å². The summed E-state index contributed by atoms with van der Waals surface area (Å²) in [7, 11) is 2.15. The third-order valence-corrected chi connectivity index (χ3v) is 2.55.